The van der Waals surface area contributed by atoms with Gasteiger partial charge in [-0.25, -0.2) is 15.2 Å². The van der Waals surface area contributed by atoms with Gasteiger partial charge < -0.3 is 10.2 Å². The molecule has 1 aromatic carbocycles. The summed E-state index contributed by atoms with van der Waals surface area (Å²) >= 11 is 3.18. The first-order valence-corrected chi connectivity index (χ1v) is 5.98. The number of hydrogen-bond donors (Lipinski definition) is 2. The molecule has 6 heteroatoms. The van der Waals surface area contributed by atoms with Gasteiger partial charge in [-0.2, -0.15) is 0 Å². The van der Waals surface area contributed by atoms with Crippen molar-refractivity contribution in [1.29, 1.82) is 0 Å². The highest BCUT2D eigenvalue weighted by atomic mass is 79.9. The minimum absolute atomic E-state index is 0.208. The van der Waals surface area contributed by atoms with Crippen LogP contribution in [0.2, 0.25) is 0 Å². The summed E-state index contributed by atoms with van der Waals surface area (Å²) in [5, 5.41) is 0. The fourth-order valence-electron chi connectivity index (χ4n) is 1.35. The molecule has 3 N–H and O–H groups in total. The maximum Gasteiger partial charge on any atom is 0.166 e. The smallest absolute Gasteiger partial charge is 0.166 e. The molecule has 2 rings (SSSR count). The molecule has 0 amide bonds. The molecule has 0 spiro atoms. The number of nitrogens with one attached hydrogen (secondary N) is 1. The molecule has 18 heavy (non-hydrogen) atoms. The number of nitrogens with two attached hydrogens (primary N) is 1. The highest BCUT2D eigenvalue weighted by molar-refractivity contribution is 9.10. The lowest BCUT2D eigenvalue weighted by Gasteiger charge is -2.07. The zero-order valence-electron chi connectivity index (χ0n) is 9.36. The van der Waals surface area contributed by atoms with Gasteiger partial charge >= 0.3 is 0 Å². The molecule has 94 valence electrons. The average molecular weight is 312 g/mol. The average Bonchev–Trinajstić information content (AvgIpc) is 2.38. The van der Waals surface area contributed by atoms with Crippen molar-refractivity contribution >= 4 is 21.7 Å². The van der Waals surface area contributed by atoms with E-state index >= 15 is 0 Å². The molecule has 0 saturated carbocycles. The number of ether oxygens (including phenoxy) is 1. The molecular weight excluding hydrogens is 301 g/mol. The lowest BCUT2D eigenvalue weighted by Crippen LogP contribution is -2.08. The van der Waals surface area contributed by atoms with E-state index in [1.807, 2.05) is 0 Å². The van der Waals surface area contributed by atoms with Crippen LogP contribution in [0, 0.1) is 5.82 Å². The first-order valence-electron chi connectivity index (χ1n) is 5.18. The molecule has 0 bridgehead atoms. The summed E-state index contributed by atoms with van der Waals surface area (Å²) in [6, 6.07) is 8.17. The highest BCUT2D eigenvalue weighted by Gasteiger charge is 2.04. The summed E-state index contributed by atoms with van der Waals surface area (Å²) in [7, 11) is 0. The summed E-state index contributed by atoms with van der Waals surface area (Å²) in [5.41, 5.74) is 3.26. The van der Waals surface area contributed by atoms with Gasteiger partial charge in [0, 0.05) is 16.2 Å². The third-order valence-electron chi connectivity index (χ3n) is 2.26. The molecule has 2 aromatic rings. The number of halogens is 2. The van der Waals surface area contributed by atoms with Crippen LogP contribution in [0.4, 0.5) is 10.2 Å². The first kappa shape index (κ1) is 12.8. The molecule has 0 aliphatic rings. The molecule has 0 unspecified atom stereocenters. The molecule has 4 nitrogen and oxygen atoms in total. The quantitative estimate of drug-likeness (QED) is 0.673. The van der Waals surface area contributed by atoms with Crippen LogP contribution in [-0.4, -0.2) is 4.98 Å². The van der Waals surface area contributed by atoms with Gasteiger partial charge in [-0.1, -0.05) is 22.0 Å². The third kappa shape index (κ3) is 3.18. The summed E-state index contributed by atoms with van der Waals surface area (Å²) in [6.07, 6.45) is 1.62. The van der Waals surface area contributed by atoms with E-state index in [2.05, 4.69) is 26.3 Å². The predicted octanol–water partition coefficient (Wildman–Crippen LogP) is 2.85. The number of nitrogen functional groups attached to an aromatic ring is 1. The van der Waals surface area contributed by atoms with E-state index < -0.39 is 5.82 Å². The van der Waals surface area contributed by atoms with Crippen molar-refractivity contribution in [1.82, 2.24) is 4.98 Å². The third-order valence-corrected chi connectivity index (χ3v) is 2.75. The fourth-order valence-corrected chi connectivity index (χ4v) is 1.68. The first-order chi connectivity index (χ1) is 8.69. The second-order valence-corrected chi connectivity index (χ2v) is 4.48. The second-order valence-electron chi connectivity index (χ2n) is 3.56. The van der Waals surface area contributed by atoms with E-state index in [0.29, 0.717) is 10.3 Å². The standard InChI is InChI=1S/C12H11BrFN3O/c13-9-2-3-11(10(14)5-9)18-7-8-1-4-12(17-15)16-6-8/h1-6H,7,15H2,(H,16,17). The van der Waals surface area contributed by atoms with Crippen molar-refractivity contribution in [3.05, 3.63) is 52.4 Å². The number of anilines is 1. The molecule has 1 aromatic heterocycles. The van der Waals surface area contributed by atoms with Crippen LogP contribution in [-0.2, 0) is 6.61 Å². The Hall–Kier alpha value is -1.66. The van der Waals surface area contributed by atoms with Crippen LogP contribution >= 0.6 is 15.9 Å². The summed E-state index contributed by atoms with van der Waals surface area (Å²) in [5.74, 6) is 5.57. The molecule has 0 saturated heterocycles. The van der Waals surface area contributed by atoms with E-state index in [1.54, 1.807) is 30.5 Å². The van der Waals surface area contributed by atoms with Gasteiger partial charge in [0.25, 0.3) is 0 Å². The lowest BCUT2D eigenvalue weighted by molar-refractivity contribution is 0.290. The number of hydrazine groups is 1. The molecule has 0 fully saturated rings. The van der Waals surface area contributed by atoms with Gasteiger partial charge in [0.05, 0.1) is 0 Å². The van der Waals surface area contributed by atoms with Crippen LogP contribution in [0.3, 0.4) is 0 Å². The molecule has 0 atom stereocenters. The summed E-state index contributed by atoms with van der Waals surface area (Å²) in [4.78, 5) is 4.03. The molecule has 0 aliphatic heterocycles. The maximum atomic E-state index is 13.5. The van der Waals surface area contributed by atoms with Gasteiger partial charge in [0.1, 0.15) is 12.4 Å². The van der Waals surface area contributed by atoms with Crippen LogP contribution in [0.1, 0.15) is 5.56 Å². The van der Waals surface area contributed by atoms with Gasteiger partial charge in [0.2, 0.25) is 0 Å². The normalized spacial score (nSPS) is 10.2. The number of pyridine rings is 1. The van der Waals surface area contributed by atoms with Crippen LogP contribution < -0.4 is 16.0 Å². The SMILES string of the molecule is NNc1ccc(COc2ccc(Br)cc2F)cn1. The Kier molecular flexibility index (Phi) is 4.11. The Bertz CT molecular complexity index is 533. The van der Waals surface area contributed by atoms with E-state index in [1.165, 1.54) is 6.07 Å². The number of rotatable bonds is 4. The van der Waals surface area contributed by atoms with E-state index in [-0.39, 0.29) is 12.4 Å². The van der Waals surface area contributed by atoms with Crippen molar-refractivity contribution in [2.45, 2.75) is 6.61 Å². The Labute approximate surface area is 112 Å². The number of aromatic nitrogens is 1. The zero-order chi connectivity index (χ0) is 13.0. The van der Waals surface area contributed by atoms with Crippen LogP contribution in [0.15, 0.2) is 41.0 Å². The summed E-state index contributed by atoms with van der Waals surface area (Å²) < 4.78 is 19.5. The molecule has 1 heterocycles. The zero-order valence-corrected chi connectivity index (χ0v) is 10.9. The monoisotopic (exact) mass is 311 g/mol. The van der Waals surface area contributed by atoms with Crippen molar-refractivity contribution < 1.29 is 9.13 Å². The minimum atomic E-state index is -0.405. The topological polar surface area (TPSA) is 60.2 Å². The number of hydrogen-bond acceptors (Lipinski definition) is 4. The number of benzene rings is 1. The number of nitrogens with zero attached hydrogens (tertiary/aromatic N) is 1. The summed E-state index contributed by atoms with van der Waals surface area (Å²) in [6.45, 7) is 0.246. The Morgan fingerprint density at radius 2 is 2.17 bits per heavy atom. The molecule has 0 aliphatic carbocycles. The minimum Gasteiger partial charge on any atom is -0.486 e. The second kappa shape index (κ2) is 5.79. The maximum absolute atomic E-state index is 13.5. The Morgan fingerprint density at radius 1 is 1.33 bits per heavy atom. The van der Waals surface area contributed by atoms with E-state index in [9.17, 15) is 4.39 Å². The van der Waals surface area contributed by atoms with Crippen molar-refractivity contribution in [2.75, 3.05) is 5.43 Å². The van der Waals surface area contributed by atoms with E-state index in [4.69, 9.17) is 10.6 Å². The van der Waals surface area contributed by atoms with Crippen LogP contribution in [0.5, 0.6) is 5.75 Å². The predicted molar refractivity (Wildman–Crippen MR) is 70.5 cm³/mol. The Morgan fingerprint density at radius 3 is 2.78 bits per heavy atom. The largest absolute Gasteiger partial charge is 0.486 e. The Balaban J connectivity index is 2.02. The molecular formula is C12H11BrFN3O. The van der Waals surface area contributed by atoms with Crippen molar-refractivity contribution in [2.24, 2.45) is 5.84 Å². The van der Waals surface area contributed by atoms with Crippen molar-refractivity contribution in [3.63, 3.8) is 0 Å². The van der Waals surface area contributed by atoms with Gasteiger partial charge in [0.15, 0.2) is 11.6 Å². The van der Waals surface area contributed by atoms with Crippen molar-refractivity contribution in [3.8, 4) is 5.75 Å². The molecule has 0 radical (unpaired) electrons. The van der Waals surface area contributed by atoms with Gasteiger partial charge in [-0.15, -0.1) is 0 Å². The van der Waals surface area contributed by atoms with Crippen LogP contribution in [0.25, 0.3) is 0 Å². The highest BCUT2D eigenvalue weighted by Crippen LogP contribution is 2.22. The lowest BCUT2D eigenvalue weighted by atomic mass is 10.3. The van der Waals surface area contributed by atoms with Gasteiger partial charge in [-0.3, -0.25) is 0 Å². The van der Waals surface area contributed by atoms with E-state index in [0.717, 1.165) is 5.56 Å². The van der Waals surface area contributed by atoms with Gasteiger partial charge in [-0.05, 0) is 24.3 Å². The fraction of sp³-hybridized carbons (Fsp3) is 0.0833.